The van der Waals surface area contributed by atoms with Crippen molar-refractivity contribution in [3.8, 4) is 11.5 Å². The van der Waals surface area contributed by atoms with E-state index in [1.54, 1.807) is 36.4 Å². The first kappa shape index (κ1) is 116. The number of guanidine groups is 3. The lowest BCUT2D eigenvalue weighted by atomic mass is 10.00. The Morgan fingerprint density at radius 2 is 0.845 bits per heavy atom. The Kier molecular flexibility index (Phi) is 50.6. The van der Waals surface area contributed by atoms with E-state index in [0.717, 1.165) is 10.8 Å². The first-order chi connectivity index (χ1) is 67.7. The molecule has 42 N–H and O–H groups in total. The molecule has 19 amide bonds. The maximum absolute atomic E-state index is 16.0. The second-order valence-corrected chi connectivity index (χ2v) is 36.4. The van der Waals surface area contributed by atoms with Crippen molar-refractivity contribution in [2.75, 3.05) is 70.4 Å². The fourth-order valence-corrected chi connectivity index (χ4v) is 17.5. The van der Waals surface area contributed by atoms with E-state index < -0.39 is 210 Å². The SMILES string of the molecule is NCCCC[C@@H]1NC(=O)[C@@H](CCCCN)NC(=O)[C@H](CCCNC(N)=O)NC(=O)[C@@H](Cc2ccc(O)cc2)NC(=O)[C@H](NC(=O)[C@@H](NC(=O)[C@H](CCCN=C(N)N)NC(=O)[C@@H](N)CCCN=C(N)N)c2ccc3ccccc3c2)CSSC[C@H](C(=O)N[C@@H](CCCN=C(N)N)C(=O)O)NC(=O)[C@H](CCCNC(N)=O)NC(=O)[C@H](CCCNC(N)=O)NC(=O)[C@H](Cc2ccc(O)cc2)NC(=O)[C@H]2CCCN2C1=O. The lowest BCUT2D eigenvalue weighted by molar-refractivity contribution is -0.142. The van der Waals surface area contributed by atoms with Crippen LogP contribution in [0.15, 0.2) is 106 Å². The summed E-state index contributed by atoms with van der Waals surface area (Å²) in [6.07, 6.45) is -1.65. The number of aromatic hydroxyl groups is 2. The second-order valence-electron chi connectivity index (χ2n) is 33.9. The molecule has 0 unspecified atom stereocenters. The molecule has 0 spiro atoms. The van der Waals surface area contributed by atoms with E-state index in [1.165, 1.54) is 59.5 Å². The fourth-order valence-electron chi connectivity index (χ4n) is 15.2. The lowest BCUT2D eigenvalue weighted by Gasteiger charge is -2.31. The molecule has 0 bridgehead atoms. The number of hydrogen-bond donors (Lipinski definition) is 30. The van der Waals surface area contributed by atoms with Crippen molar-refractivity contribution in [1.82, 2.24) is 84.7 Å². The summed E-state index contributed by atoms with van der Waals surface area (Å²) >= 11 is 0. The molecule has 0 aromatic heterocycles. The first-order valence-corrected chi connectivity index (χ1v) is 49.1. The Morgan fingerprint density at radius 1 is 0.430 bits per heavy atom. The normalized spacial score (nSPS) is 20.3. The van der Waals surface area contributed by atoms with Crippen LogP contribution in [-0.4, -0.2) is 288 Å². The third-order valence-electron chi connectivity index (χ3n) is 22.7. The third-order valence-corrected chi connectivity index (χ3v) is 25.1. The van der Waals surface area contributed by atoms with Gasteiger partial charge in [-0.25, -0.2) is 19.2 Å². The van der Waals surface area contributed by atoms with Gasteiger partial charge in [0.15, 0.2) is 17.9 Å². The van der Waals surface area contributed by atoms with Crippen LogP contribution < -0.4 is 149 Å². The summed E-state index contributed by atoms with van der Waals surface area (Å²) in [4.78, 5) is 262. The molecule has 2 saturated heterocycles. The van der Waals surface area contributed by atoms with Crippen LogP contribution >= 0.6 is 21.6 Å². The molecule has 4 aromatic carbocycles. The van der Waals surface area contributed by atoms with Crippen LogP contribution in [0.2, 0.25) is 0 Å². The van der Waals surface area contributed by atoms with E-state index >= 15 is 57.5 Å². The van der Waals surface area contributed by atoms with Crippen LogP contribution in [0, 0.1) is 0 Å². The zero-order valence-electron chi connectivity index (χ0n) is 78.9. The van der Waals surface area contributed by atoms with E-state index in [1.807, 2.05) is 0 Å². The molecule has 4 aromatic rings. The summed E-state index contributed by atoms with van der Waals surface area (Å²) in [7, 11) is 1.43. The van der Waals surface area contributed by atoms with E-state index in [4.69, 9.17) is 68.8 Å². The highest BCUT2D eigenvalue weighted by atomic mass is 33.1. The number of rotatable bonds is 46. The number of hydrogen-bond acceptors (Lipinski definition) is 27. The number of benzene rings is 4. The van der Waals surface area contributed by atoms with Crippen molar-refractivity contribution in [1.29, 1.82) is 0 Å². The van der Waals surface area contributed by atoms with Crippen LogP contribution in [0.3, 0.4) is 0 Å². The maximum Gasteiger partial charge on any atom is 0.326 e. The molecule has 51 nitrogen and oxygen atoms in total. The maximum atomic E-state index is 16.0. The van der Waals surface area contributed by atoms with Crippen LogP contribution in [0.4, 0.5) is 14.4 Å². The van der Waals surface area contributed by atoms with Gasteiger partial charge in [0.1, 0.15) is 90.0 Å². The topological polar surface area (TPSA) is 884 Å². The van der Waals surface area contributed by atoms with E-state index in [0.29, 0.717) is 40.0 Å². The Labute approximate surface area is 827 Å². The van der Waals surface area contributed by atoms with E-state index in [2.05, 4.69) is 94.7 Å². The van der Waals surface area contributed by atoms with Gasteiger partial charge >= 0.3 is 24.1 Å². The number of nitrogens with two attached hydrogens (primary N) is 12. The number of carboxylic acids is 1. The molecule has 14 atom stereocenters. The van der Waals surface area contributed by atoms with Gasteiger partial charge < -0.3 is 169 Å². The molecule has 2 aliphatic heterocycles. The molecule has 780 valence electrons. The highest BCUT2D eigenvalue weighted by Crippen LogP contribution is 2.28. The van der Waals surface area contributed by atoms with Gasteiger partial charge in [0, 0.05) is 70.2 Å². The molecule has 6 rings (SSSR count). The molecule has 142 heavy (non-hydrogen) atoms. The molecule has 2 aliphatic rings. The molecule has 53 heteroatoms. The van der Waals surface area contributed by atoms with Crippen LogP contribution in [0.5, 0.6) is 11.5 Å². The Balaban J connectivity index is 1.62. The average molecular weight is 2030 g/mol. The molecule has 2 fully saturated rings. The zero-order valence-corrected chi connectivity index (χ0v) is 80.5. The number of unbranched alkanes of at least 4 members (excludes halogenated alkanes) is 2. The van der Waals surface area contributed by atoms with E-state index in [-0.39, 0.29) is 215 Å². The quantitative estimate of drug-likeness (QED) is 0.00847. The van der Waals surface area contributed by atoms with Crippen molar-refractivity contribution in [3.05, 3.63) is 108 Å². The van der Waals surface area contributed by atoms with Crippen molar-refractivity contribution in [2.24, 2.45) is 83.8 Å². The number of urea groups is 3. The van der Waals surface area contributed by atoms with Crippen LogP contribution in [-0.2, 0) is 80.0 Å². The molecule has 0 saturated carbocycles. The number of primary amides is 3. The Hall–Kier alpha value is -14.5. The number of nitrogens with one attached hydrogen (secondary N) is 15. The van der Waals surface area contributed by atoms with Crippen LogP contribution in [0.25, 0.3) is 10.8 Å². The number of phenolic OH excluding ortho intramolecular Hbond substituents is 2. The monoisotopic (exact) mass is 2020 g/mol. The van der Waals surface area contributed by atoms with Gasteiger partial charge in [0.2, 0.25) is 76.8 Å². The minimum absolute atomic E-state index is 0.00385. The largest absolute Gasteiger partial charge is 0.508 e. The van der Waals surface area contributed by atoms with Gasteiger partial charge in [-0.15, -0.1) is 0 Å². The number of carbonyl (C=O) groups is 17. The summed E-state index contributed by atoms with van der Waals surface area (Å²) in [5.74, 6) is -17.5. The molecule has 2 heterocycles. The Bertz CT molecular complexity index is 5000. The van der Waals surface area contributed by atoms with Crippen molar-refractivity contribution in [2.45, 2.75) is 226 Å². The molecule has 0 aliphatic carbocycles. The average Bonchev–Trinajstić information content (AvgIpc) is 1.32. The van der Waals surface area contributed by atoms with Gasteiger partial charge in [-0.05, 0) is 199 Å². The van der Waals surface area contributed by atoms with Crippen molar-refractivity contribution in [3.63, 3.8) is 0 Å². The standard InChI is InChI=1S/C89H137N31O20S2/c90-35-5-3-17-57-73(126)113-62(18-4-6-36-91)82(135)120-43-13-24-68(120)80(133)116-65(45-50-27-33-55(122)34-28-50)77(130)112-59(21-10-41-106-88(100)139)72(125)110-60(22-11-42-107-89(101)140)74(127)117-66(78(131)114-63(83(136)137)23-12-39-104-86(97)98)47-141-142-48-67(79(132)115-64(44-49-25-31-54(121)32-26-49)76(129)111-58(71(124)109-57)20-9-40-105-87(99)138)118-81(134)69(53-30-29-51-14-1-2-15-52(51)46-53)119-75(128)61(19-8-38-103-85(95)96)108-70(123)56(92)16-7-37-102-84(93)94/h1-2,14-15,25-34,46,56-69,121-122H,3-13,16-24,35-45,47-48,90-92H2,(H,108,123)(H,109,124)(H,110,125)(H,111,129)(H,112,130)(H,113,126)(H,114,131)(H,115,132)(H,116,133)(H,117,127)(H,118,134)(H,119,128)(H,136,137)(H4,93,94,102)(H4,95,96,103)(H4,97,98,104)(H3,99,105,138)(H3,100,106,139)(H3,101,107,140)/t56-,57+,58-,59-,60-,61-,62-,63-,64+,65-,66+,67+,68+,69-/m0/s1. The number of carboxylic acid groups (broad SMARTS) is 1. The van der Waals surface area contributed by atoms with Gasteiger partial charge in [0.05, 0.1) is 6.04 Å². The number of nitrogens with zero attached hydrogens (tertiary/aromatic N) is 4. The number of amides is 19. The summed E-state index contributed by atoms with van der Waals surface area (Å²) in [5, 5.41) is 72.0. The Morgan fingerprint density at radius 3 is 1.31 bits per heavy atom. The zero-order chi connectivity index (χ0) is 104. The number of carbonyl (C=O) groups excluding carboxylic acids is 16. The summed E-state index contributed by atoms with van der Waals surface area (Å²) in [6.45, 7) is -0.563. The van der Waals surface area contributed by atoms with Crippen molar-refractivity contribution >= 4 is 151 Å². The number of aliphatic carboxylic acids is 1. The van der Waals surface area contributed by atoms with Gasteiger partial charge in [-0.2, -0.15) is 0 Å². The lowest BCUT2D eigenvalue weighted by Crippen LogP contribution is -2.61. The van der Waals surface area contributed by atoms with E-state index in [9.17, 15) is 39.3 Å². The summed E-state index contributed by atoms with van der Waals surface area (Å²) < 4.78 is 0. The second kappa shape index (κ2) is 61.9. The highest BCUT2D eigenvalue weighted by Gasteiger charge is 2.43. The fraction of sp³-hybridized carbons (Fsp3) is 0.528. The summed E-state index contributed by atoms with van der Waals surface area (Å²) in [6, 6.07) is -3.76. The van der Waals surface area contributed by atoms with Crippen LogP contribution in [0.1, 0.15) is 151 Å². The molecule has 0 radical (unpaired) electrons. The number of fused-ring (bicyclic) bond motifs is 2. The molecular weight excluding hydrogens is 1890 g/mol. The predicted molar refractivity (Wildman–Crippen MR) is 531 cm³/mol. The summed E-state index contributed by atoms with van der Waals surface area (Å²) in [5.41, 5.74) is 68.8. The number of aliphatic imine (C=N–C) groups is 3. The number of phenols is 2. The minimum atomic E-state index is -1.94. The van der Waals surface area contributed by atoms with Gasteiger partial charge in [-0.3, -0.25) is 77.3 Å². The predicted octanol–water partition coefficient (Wildman–Crippen LogP) is -6.21. The third kappa shape index (κ3) is 42.3. The van der Waals surface area contributed by atoms with Gasteiger partial charge in [-0.1, -0.05) is 82.3 Å². The highest BCUT2D eigenvalue weighted by molar-refractivity contribution is 8.76. The smallest absolute Gasteiger partial charge is 0.326 e. The minimum Gasteiger partial charge on any atom is -0.508 e. The first-order valence-electron chi connectivity index (χ1n) is 46.6. The van der Waals surface area contributed by atoms with Crippen molar-refractivity contribution < 1.29 is 96.8 Å². The van der Waals surface area contributed by atoms with Gasteiger partial charge in [0.25, 0.3) is 0 Å². The molecular formula is C89H137N31O20S2.